The maximum Gasteiger partial charge on any atom is 0.262 e. The zero-order valence-corrected chi connectivity index (χ0v) is 14.9. The van der Waals surface area contributed by atoms with Crippen LogP contribution in [0.3, 0.4) is 0 Å². The number of nitrogens with two attached hydrogens (primary N) is 1. The topological polar surface area (TPSA) is 122 Å². The Balaban J connectivity index is 1.51. The number of nitrogens with one attached hydrogen (secondary N) is 2. The molecule has 0 bridgehead atoms. The van der Waals surface area contributed by atoms with Gasteiger partial charge in [0.15, 0.2) is 0 Å². The van der Waals surface area contributed by atoms with Crippen LogP contribution in [-0.4, -0.2) is 46.7 Å². The summed E-state index contributed by atoms with van der Waals surface area (Å²) >= 11 is 0. The number of benzene rings is 1. The minimum atomic E-state index is -0.937. The smallest absolute Gasteiger partial charge is 0.262 e. The van der Waals surface area contributed by atoms with Gasteiger partial charge in [-0.3, -0.25) is 29.4 Å². The number of nitrogens with zero attached hydrogens (tertiary/aromatic N) is 1. The summed E-state index contributed by atoms with van der Waals surface area (Å²) in [5.41, 5.74) is 7.56. The van der Waals surface area contributed by atoms with Crippen LogP contribution < -0.4 is 16.4 Å². The molecular weight excluding hydrogens is 348 g/mol. The van der Waals surface area contributed by atoms with Crippen LogP contribution in [0.15, 0.2) is 18.2 Å². The second-order valence-electron chi connectivity index (χ2n) is 7.41. The Hall–Kier alpha value is -2.58. The first kappa shape index (κ1) is 17.8. The molecule has 1 aromatic carbocycles. The van der Waals surface area contributed by atoms with Crippen LogP contribution in [-0.2, 0) is 16.1 Å². The fourth-order valence-corrected chi connectivity index (χ4v) is 4.12. The molecule has 8 nitrogen and oxygen atoms in total. The third-order valence-corrected chi connectivity index (χ3v) is 5.64. The molecule has 2 heterocycles. The van der Waals surface area contributed by atoms with Crippen molar-refractivity contribution in [2.45, 2.75) is 56.8 Å². The molecule has 3 aliphatic rings. The van der Waals surface area contributed by atoms with Crippen molar-refractivity contribution >= 4 is 23.6 Å². The number of carbonyl (C=O) groups is 4. The van der Waals surface area contributed by atoms with E-state index in [1.54, 1.807) is 12.1 Å². The van der Waals surface area contributed by atoms with Gasteiger partial charge in [-0.2, -0.15) is 0 Å². The van der Waals surface area contributed by atoms with Gasteiger partial charge in [-0.25, -0.2) is 0 Å². The zero-order valence-electron chi connectivity index (χ0n) is 14.9. The molecule has 27 heavy (non-hydrogen) atoms. The number of rotatable bonds is 4. The average Bonchev–Trinajstić information content (AvgIpc) is 3.15. The number of piperidine rings is 1. The van der Waals surface area contributed by atoms with Gasteiger partial charge in [0.2, 0.25) is 11.8 Å². The Morgan fingerprint density at radius 1 is 1.07 bits per heavy atom. The predicted molar refractivity (Wildman–Crippen MR) is 95.6 cm³/mol. The van der Waals surface area contributed by atoms with Crippen molar-refractivity contribution in [2.24, 2.45) is 5.73 Å². The molecule has 3 atom stereocenters. The van der Waals surface area contributed by atoms with Crippen LogP contribution in [0.4, 0.5) is 0 Å². The standard InChI is InChI=1S/C19H22N4O4/c20-13-2-1-3-14(13)21-9-10-4-5-11-12(8-10)19(27)23(18(11)26)15-6-7-16(24)22-17(15)25/h4-5,8,13-15,21H,1-3,6-7,9,20H2,(H,22,24,25). The third kappa shape index (κ3) is 3.15. The van der Waals surface area contributed by atoms with Crippen LogP contribution in [0.1, 0.15) is 58.4 Å². The Labute approximate surface area is 156 Å². The molecule has 8 heteroatoms. The molecule has 1 aliphatic carbocycles. The van der Waals surface area contributed by atoms with Crippen molar-refractivity contribution in [1.82, 2.24) is 15.5 Å². The molecule has 3 unspecified atom stereocenters. The van der Waals surface area contributed by atoms with Crippen LogP contribution in [0.5, 0.6) is 0 Å². The van der Waals surface area contributed by atoms with E-state index in [0.717, 1.165) is 29.7 Å². The quantitative estimate of drug-likeness (QED) is 0.644. The van der Waals surface area contributed by atoms with E-state index in [4.69, 9.17) is 5.73 Å². The van der Waals surface area contributed by atoms with Crippen molar-refractivity contribution in [2.75, 3.05) is 0 Å². The number of hydrogen-bond acceptors (Lipinski definition) is 6. The van der Waals surface area contributed by atoms with E-state index < -0.39 is 23.8 Å². The summed E-state index contributed by atoms with van der Waals surface area (Å²) in [6.07, 6.45) is 3.42. The van der Waals surface area contributed by atoms with Crippen LogP contribution >= 0.6 is 0 Å². The fraction of sp³-hybridized carbons (Fsp3) is 0.474. The Bertz CT molecular complexity index is 837. The van der Waals surface area contributed by atoms with Gasteiger partial charge in [0.05, 0.1) is 11.1 Å². The lowest BCUT2D eigenvalue weighted by Gasteiger charge is -2.27. The molecule has 2 aliphatic heterocycles. The summed E-state index contributed by atoms with van der Waals surface area (Å²) in [5, 5.41) is 5.61. The first-order chi connectivity index (χ1) is 13.0. The number of fused-ring (bicyclic) bond motifs is 1. The van der Waals surface area contributed by atoms with E-state index in [0.29, 0.717) is 17.7 Å². The molecule has 1 saturated carbocycles. The third-order valence-electron chi connectivity index (χ3n) is 5.64. The molecular formula is C19H22N4O4. The van der Waals surface area contributed by atoms with Crippen molar-refractivity contribution < 1.29 is 19.2 Å². The van der Waals surface area contributed by atoms with Crippen LogP contribution in [0.2, 0.25) is 0 Å². The van der Waals surface area contributed by atoms with Gasteiger partial charge >= 0.3 is 0 Å². The molecule has 4 amide bonds. The van der Waals surface area contributed by atoms with Gasteiger partial charge < -0.3 is 11.1 Å². The minimum absolute atomic E-state index is 0.112. The number of hydrogen-bond donors (Lipinski definition) is 3. The van der Waals surface area contributed by atoms with Crippen LogP contribution in [0, 0.1) is 0 Å². The van der Waals surface area contributed by atoms with Gasteiger partial charge in [0, 0.05) is 25.0 Å². The Kier molecular flexibility index (Phi) is 4.53. The zero-order chi connectivity index (χ0) is 19.1. The highest BCUT2D eigenvalue weighted by Gasteiger charge is 2.44. The number of amides is 4. The normalized spacial score (nSPS) is 27.9. The maximum absolute atomic E-state index is 12.8. The lowest BCUT2D eigenvalue weighted by atomic mass is 10.0. The average molecular weight is 370 g/mol. The van der Waals surface area contributed by atoms with Gasteiger partial charge in [0.25, 0.3) is 11.8 Å². The maximum atomic E-state index is 12.8. The largest absolute Gasteiger partial charge is 0.326 e. The van der Waals surface area contributed by atoms with Crippen molar-refractivity contribution in [3.63, 3.8) is 0 Å². The number of imide groups is 2. The highest BCUT2D eigenvalue weighted by Crippen LogP contribution is 2.28. The highest BCUT2D eigenvalue weighted by atomic mass is 16.2. The second kappa shape index (κ2) is 6.86. The molecule has 1 saturated heterocycles. The summed E-state index contributed by atoms with van der Waals surface area (Å²) in [6, 6.07) is 4.61. The lowest BCUT2D eigenvalue weighted by Crippen LogP contribution is -2.54. The van der Waals surface area contributed by atoms with Gasteiger partial charge in [-0.15, -0.1) is 0 Å². The Morgan fingerprint density at radius 3 is 2.56 bits per heavy atom. The first-order valence-electron chi connectivity index (χ1n) is 9.29. The highest BCUT2D eigenvalue weighted by molar-refractivity contribution is 6.23. The Morgan fingerprint density at radius 2 is 1.85 bits per heavy atom. The predicted octanol–water partition coefficient (Wildman–Crippen LogP) is 0.0572. The summed E-state index contributed by atoms with van der Waals surface area (Å²) in [4.78, 5) is 49.9. The van der Waals surface area contributed by atoms with E-state index >= 15 is 0 Å². The van der Waals surface area contributed by atoms with E-state index in [1.807, 2.05) is 6.07 Å². The van der Waals surface area contributed by atoms with Crippen molar-refractivity contribution in [1.29, 1.82) is 0 Å². The molecule has 4 N–H and O–H groups in total. The van der Waals surface area contributed by atoms with E-state index in [9.17, 15) is 19.2 Å². The summed E-state index contributed by atoms with van der Waals surface area (Å²) in [6.45, 7) is 0.561. The lowest BCUT2D eigenvalue weighted by molar-refractivity contribution is -0.136. The molecule has 1 aromatic rings. The summed E-state index contributed by atoms with van der Waals surface area (Å²) in [5.74, 6) is -1.95. The van der Waals surface area contributed by atoms with Crippen molar-refractivity contribution in [3.05, 3.63) is 34.9 Å². The van der Waals surface area contributed by atoms with Crippen LogP contribution in [0.25, 0.3) is 0 Å². The summed E-state index contributed by atoms with van der Waals surface area (Å²) < 4.78 is 0. The van der Waals surface area contributed by atoms with E-state index in [1.165, 1.54) is 0 Å². The second-order valence-corrected chi connectivity index (χ2v) is 7.41. The van der Waals surface area contributed by atoms with E-state index in [-0.39, 0.29) is 30.8 Å². The van der Waals surface area contributed by atoms with E-state index in [2.05, 4.69) is 10.6 Å². The SMILES string of the molecule is NC1CCCC1NCc1ccc2c(c1)C(=O)N(C1CCC(=O)NC1=O)C2=O. The van der Waals surface area contributed by atoms with Gasteiger partial charge in [-0.1, -0.05) is 12.5 Å². The van der Waals surface area contributed by atoms with Crippen molar-refractivity contribution in [3.8, 4) is 0 Å². The molecule has 4 rings (SSSR count). The monoisotopic (exact) mass is 370 g/mol. The number of carbonyl (C=O) groups excluding carboxylic acids is 4. The first-order valence-corrected chi connectivity index (χ1v) is 9.29. The van der Waals surface area contributed by atoms with Gasteiger partial charge in [0.1, 0.15) is 6.04 Å². The fourth-order valence-electron chi connectivity index (χ4n) is 4.12. The molecule has 2 fully saturated rings. The molecule has 0 aromatic heterocycles. The molecule has 0 spiro atoms. The molecule has 0 radical (unpaired) electrons. The summed E-state index contributed by atoms with van der Waals surface area (Å²) in [7, 11) is 0. The molecule has 142 valence electrons. The van der Waals surface area contributed by atoms with Gasteiger partial charge in [-0.05, 0) is 37.0 Å². The minimum Gasteiger partial charge on any atom is -0.326 e.